The molecular weight excluding hydrogens is 568 g/mol. The van der Waals surface area contributed by atoms with E-state index in [0.717, 1.165) is 51.4 Å². The van der Waals surface area contributed by atoms with Gasteiger partial charge in [-0.05, 0) is 25.7 Å². The van der Waals surface area contributed by atoms with Gasteiger partial charge in [0.05, 0.1) is 52.6 Å². The van der Waals surface area contributed by atoms with E-state index in [2.05, 4.69) is 0 Å². The molecule has 1 aliphatic rings. The Hall–Kier alpha value is -2.28. The van der Waals surface area contributed by atoms with Gasteiger partial charge in [-0.2, -0.15) is 0 Å². The molecule has 0 spiro atoms. The molecule has 0 saturated carbocycles. The van der Waals surface area contributed by atoms with Gasteiger partial charge in [0.25, 0.3) is 0 Å². The third-order valence-corrected chi connectivity index (χ3v) is 7.38. The van der Waals surface area contributed by atoms with E-state index in [1.165, 1.54) is 0 Å². The number of esters is 4. The first-order chi connectivity index (χ1) is 21.3. The first-order valence-corrected chi connectivity index (χ1v) is 16.8. The van der Waals surface area contributed by atoms with E-state index >= 15 is 0 Å². The second-order valence-corrected chi connectivity index (χ2v) is 11.4. The lowest BCUT2D eigenvalue weighted by Gasteiger charge is -2.33. The number of hydrogen-bond donors (Lipinski definition) is 0. The highest BCUT2D eigenvalue weighted by Crippen LogP contribution is 2.04. The summed E-state index contributed by atoms with van der Waals surface area (Å²) in [6.45, 7) is 14.5. The van der Waals surface area contributed by atoms with Crippen molar-refractivity contribution >= 4 is 23.9 Å². The first kappa shape index (κ1) is 39.7. The van der Waals surface area contributed by atoms with E-state index in [0.29, 0.717) is 78.8 Å². The van der Waals surface area contributed by atoms with Gasteiger partial charge >= 0.3 is 23.9 Å². The van der Waals surface area contributed by atoms with Gasteiger partial charge in [0.15, 0.2) is 0 Å². The monoisotopic (exact) mass is 628 g/mol. The zero-order valence-corrected chi connectivity index (χ0v) is 28.0. The van der Waals surface area contributed by atoms with Crippen LogP contribution in [0, 0.1) is 0 Å². The molecule has 1 fully saturated rings. The molecule has 1 saturated heterocycles. The van der Waals surface area contributed by atoms with E-state index in [4.69, 9.17) is 18.9 Å². The molecule has 1 aliphatic heterocycles. The average Bonchev–Trinajstić information content (AvgIpc) is 2.99. The molecule has 0 amide bonds. The van der Waals surface area contributed by atoms with Gasteiger partial charge < -0.3 is 18.9 Å². The number of unbranched alkanes of at least 4 members (excludes halogenated alkanes) is 4. The van der Waals surface area contributed by atoms with Gasteiger partial charge in [0.2, 0.25) is 0 Å². The lowest BCUT2D eigenvalue weighted by atomic mass is 10.3. The lowest BCUT2D eigenvalue weighted by molar-refractivity contribution is -0.148. The maximum Gasteiger partial charge on any atom is 0.320 e. The fourth-order valence-electron chi connectivity index (χ4n) is 4.45. The summed E-state index contributed by atoms with van der Waals surface area (Å²) in [5.74, 6) is -1.13. The van der Waals surface area contributed by atoms with Crippen molar-refractivity contribution in [2.24, 2.45) is 0 Å². The zero-order valence-electron chi connectivity index (χ0n) is 28.0. The largest absolute Gasteiger partial charge is 0.465 e. The molecule has 0 bridgehead atoms. The van der Waals surface area contributed by atoms with Crippen molar-refractivity contribution in [1.29, 1.82) is 0 Å². The molecule has 0 aromatic heterocycles. The highest BCUT2D eigenvalue weighted by molar-refractivity contribution is 5.73. The van der Waals surface area contributed by atoms with E-state index in [1.54, 1.807) is 0 Å². The Labute approximate surface area is 265 Å². The minimum Gasteiger partial charge on any atom is -0.465 e. The predicted molar refractivity (Wildman–Crippen MR) is 169 cm³/mol. The van der Waals surface area contributed by atoms with Crippen molar-refractivity contribution in [2.45, 2.75) is 79.1 Å². The quantitative estimate of drug-likeness (QED) is 0.112. The van der Waals surface area contributed by atoms with Crippen molar-refractivity contribution in [3.63, 3.8) is 0 Å². The summed E-state index contributed by atoms with van der Waals surface area (Å²) in [6.07, 6.45) is 7.03. The van der Waals surface area contributed by atoms with Gasteiger partial charge in [0, 0.05) is 52.4 Å². The highest BCUT2D eigenvalue weighted by Gasteiger charge is 2.22. The molecule has 0 radical (unpaired) electrons. The highest BCUT2D eigenvalue weighted by atomic mass is 16.5. The van der Waals surface area contributed by atoms with Gasteiger partial charge in [0.1, 0.15) is 0 Å². The maximum atomic E-state index is 12.6. The summed E-state index contributed by atoms with van der Waals surface area (Å²) in [7, 11) is 0. The second kappa shape index (κ2) is 26.0. The van der Waals surface area contributed by atoms with Gasteiger partial charge in [-0.3, -0.25) is 38.8 Å². The molecule has 0 atom stereocenters. The predicted octanol–water partition coefficient (Wildman–Crippen LogP) is 2.58. The fraction of sp³-hybridized carbons (Fsp3) is 0.875. The number of carbonyl (C=O) groups excluding carboxylic acids is 4. The van der Waals surface area contributed by atoms with Crippen molar-refractivity contribution in [2.75, 3.05) is 105 Å². The van der Waals surface area contributed by atoms with Gasteiger partial charge in [-0.15, -0.1) is 0 Å². The fourth-order valence-corrected chi connectivity index (χ4v) is 4.45. The molecule has 0 N–H and O–H groups in total. The molecule has 0 aliphatic carbocycles. The molecule has 0 aromatic rings. The van der Waals surface area contributed by atoms with E-state index < -0.39 is 0 Å². The van der Waals surface area contributed by atoms with Crippen LogP contribution in [0.25, 0.3) is 0 Å². The van der Waals surface area contributed by atoms with E-state index in [-0.39, 0.29) is 50.1 Å². The van der Waals surface area contributed by atoms with Gasteiger partial charge in [-0.1, -0.05) is 53.4 Å². The Morgan fingerprint density at radius 1 is 0.386 bits per heavy atom. The number of ether oxygens (including phenoxy) is 4. The third-order valence-electron chi connectivity index (χ3n) is 7.38. The molecule has 1 heterocycles. The summed E-state index contributed by atoms with van der Waals surface area (Å²) < 4.78 is 21.7. The van der Waals surface area contributed by atoms with Crippen molar-refractivity contribution in [1.82, 2.24) is 19.6 Å². The molecule has 12 nitrogen and oxygen atoms in total. The lowest BCUT2D eigenvalue weighted by Crippen LogP contribution is -2.49. The Balaban J connectivity index is 3.05. The molecule has 0 unspecified atom stereocenters. The van der Waals surface area contributed by atoms with E-state index in [1.807, 2.05) is 47.3 Å². The topological polar surface area (TPSA) is 118 Å². The van der Waals surface area contributed by atoms with Crippen LogP contribution in [0.15, 0.2) is 0 Å². The summed E-state index contributed by atoms with van der Waals surface area (Å²) in [5, 5.41) is 0. The molecule has 256 valence electrons. The number of hydrogen-bond acceptors (Lipinski definition) is 12. The minimum atomic E-state index is -0.283. The summed E-state index contributed by atoms with van der Waals surface area (Å²) in [5.41, 5.74) is 0. The van der Waals surface area contributed by atoms with Crippen LogP contribution >= 0.6 is 0 Å². The summed E-state index contributed by atoms with van der Waals surface area (Å²) in [6, 6.07) is 0. The zero-order chi connectivity index (χ0) is 32.4. The van der Waals surface area contributed by atoms with Crippen LogP contribution in [-0.4, -0.2) is 148 Å². The van der Waals surface area contributed by atoms with Crippen LogP contribution in [0.4, 0.5) is 0 Å². The smallest absolute Gasteiger partial charge is 0.320 e. The SMILES string of the molecule is CCCCOC(=O)CN1CCN(CC(=O)OCCCC)CCN(CC(=O)OCCCC)CCN(CC(=O)OCCCC)CC1. The normalized spacial score (nSPS) is 16.5. The van der Waals surface area contributed by atoms with Crippen LogP contribution in [0.1, 0.15) is 79.1 Å². The van der Waals surface area contributed by atoms with Crippen molar-refractivity contribution in [3.05, 3.63) is 0 Å². The minimum absolute atomic E-state index is 0.128. The molecular formula is C32H60N4O8. The second-order valence-electron chi connectivity index (χ2n) is 11.4. The maximum absolute atomic E-state index is 12.6. The van der Waals surface area contributed by atoms with Crippen molar-refractivity contribution in [3.8, 4) is 0 Å². The molecule has 44 heavy (non-hydrogen) atoms. The summed E-state index contributed by atoms with van der Waals surface area (Å²) in [4.78, 5) is 58.6. The Bertz CT molecular complexity index is 656. The molecule has 12 heteroatoms. The number of nitrogens with zero attached hydrogens (tertiary/aromatic N) is 4. The summed E-state index contributed by atoms with van der Waals surface area (Å²) >= 11 is 0. The van der Waals surface area contributed by atoms with Crippen LogP contribution < -0.4 is 0 Å². The molecule has 1 rings (SSSR count). The third kappa shape index (κ3) is 20.6. The number of carbonyl (C=O) groups is 4. The van der Waals surface area contributed by atoms with Gasteiger partial charge in [-0.25, -0.2) is 0 Å². The van der Waals surface area contributed by atoms with Crippen LogP contribution in [-0.2, 0) is 38.1 Å². The Morgan fingerprint density at radius 3 is 0.727 bits per heavy atom. The molecule has 0 aromatic carbocycles. The van der Waals surface area contributed by atoms with E-state index in [9.17, 15) is 19.2 Å². The van der Waals surface area contributed by atoms with Crippen molar-refractivity contribution < 1.29 is 38.1 Å². The Morgan fingerprint density at radius 2 is 0.568 bits per heavy atom. The average molecular weight is 629 g/mol. The van der Waals surface area contributed by atoms with Crippen LogP contribution in [0.3, 0.4) is 0 Å². The Kier molecular flexibility index (Phi) is 23.5. The van der Waals surface area contributed by atoms with Crippen LogP contribution in [0.5, 0.6) is 0 Å². The first-order valence-electron chi connectivity index (χ1n) is 16.8. The number of rotatable bonds is 20. The standard InChI is InChI=1S/C32H60N4O8/c1-5-9-21-41-29(37)25-33-13-15-34(26-30(38)42-22-10-6-2)17-19-36(28-32(40)44-24-12-8-4)20-18-35(16-14-33)27-31(39)43-23-11-7-3/h5-28H2,1-4H3. The van der Waals surface area contributed by atoms with Crippen LogP contribution in [0.2, 0.25) is 0 Å².